The molecule has 18 heavy (non-hydrogen) atoms. The van der Waals surface area contributed by atoms with Crippen LogP contribution in [0, 0.1) is 6.92 Å². The highest BCUT2D eigenvalue weighted by Gasteiger charge is 2.06. The molecule has 1 atom stereocenters. The summed E-state index contributed by atoms with van der Waals surface area (Å²) in [6, 6.07) is 4.20. The lowest BCUT2D eigenvalue weighted by atomic mass is 10.3. The van der Waals surface area contributed by atoms with Gasteiger partial charge in [-0.05, 0) is 26.3 Å². The predicted molar refractivity (Wildman–Crippen MR) is 71.5 cm³/mol. The molecule has 5 nitrogen and oxygen atoms in total. The molecule has 1 N–H and O–H groups in total. The number of nitrogens with zero attached hydrogens (tertiary/aromatic N) is 4. The molecular formula is C13H19N5. The van der Waals surface area contributed by atoms with Gasteiger partial charge in [0.2, 0.25) is 0 Å². The smallest absolute Gasteiger partial charge is 0.130 e. The molecule has 0 radical (unpaired) electrons. The monoisotopic (exact) mass is 245 g/mol. The minimum Gasteiger partial charge on any atom is -0.366 e. The zero-order chi connectivity index (χ0) is 13.0. The molecule has 0 fully saturated rings. The molecule has 0 amide bonds. The van der Waals surface area contributed by atoms with E-state index >= 15 is 0 Å². The molecule has 0 saturated heterocycles. The summed E-state index contributed by atoms with van der Waals surface area (Å²) in [6.07, 6.45) is 4.67. The quantitative estimate of drug-likeness (QED) is 0.876. The maximum Gasteiger partial charge on any atom is 0.130 e. The predicted octanol–water partition coefficient (Wildman–Crippen LogP) is 2.04. The maximum absolute atomic E-state index is 4.40. The van der Waals surface area contributed by atoms with Crippen LogP contribution in [0.1, 0.15) is 25.4 Å². The van der Waals surface area contributed by atoms with Crippen molar-refractivity contribution in [1.82, 2.24) is 19.7 Å². The molecule has 0 aromatic carbocycles. The fraction of sp³-hybridized carbons (Fsp3) is 0.462. The molecule has 2 aromatic rings. The third kappa shape index (κ3) is 3.29. The van der Waals surface area contributed by atoms with E-state index in [2.05, 4.69) is 34.2 Å². The van der Waals surface area contributed by atoms with E-state index in [1.54, 1.807) is 6.20 Å². The summed E-state index contributed by atoms with van der Waals surface area (Å²) in [5.74, 6) is 1.70. The van der Waals surface area contributed by atoms with Gasteiger partial charge in [0.15, 0.2) is 0 Å². The van der Waals surface area contributed by atoms with Crippen molar-refractivity contribution in [3.05, 3.63) is 36.0 Å². The van der Waals surface area contributed by atoms with Crippen LogP contribution in [0.2, 0.25) is 0 Å². The summed E-state index contributed by atoms with van der Waals surface area (Å²) >= 11 is 0. The van der Waals surface area contributed by atoms with E-state index in [0.29, 0.717) is 0 Å². The summed E-state index contributed by atoms with van der Waals surface area (Å²) in [6.45, 7) is 6.95. The van der Waals surface area contributed by atoms with Crippen LogP contribution in [-0.2, 0) is 13.0 Å². The Morgan fingerprint density at radius 1 is 1.39 bits per heavy atom. The van der Waals surface area contributed by atoms with Crippen molar-refractivity contribution in [3.8, 4) is 0 Å². The number of anilines is 1. The van der Waals surface area contributed by atoms with Crippen LogP contribution in [0.4, 0.5) is 5.82 Å². The van der Waals surface area contributed by atoms with Gasteiger partial charge in [-0.1, -0.05) is 6.92 Å². The molecule has 0 saturated carbocycles. The van der Waals surface area contributed by atoms with Gasteiger partial charge in [-0.3, -0.25) is 4.68 Å². The maximum atomic E-state index is 4.40. The highest BCUT2D eigenvalue weighted by Crippen LogP contribution is 2.09. The van der Waals surface area contributed by atoms with E-state index in [4.69, 9.17) is 0 Å². The second-order valence-electron chi connectivity index (χ2n) is 4.42. The molecule has 1 unspecified atom stereocenters. The Morgan fingerprint density at radius 3 is 2.89 bits per heavy atom. The molecule has 0 aliphatic rings. The van der Waals surface area contributed by atoms with Crippen LogP contribution in [0.3, 0.4) is 0 Å². The van der Waals surface area contributed by atoms with Crippen LogP contribution >= 0.6 is 0 Å². The normalized spacial score (nSPS) is 12.4. The molecular weight excluding hydrogens is 226 g/mol. The first-order valence-electron chi connectivity index (χ1n) is 6.26. The SMILES string of the molecule is CCc1cc(NC(C)Cn2cccn2)nc(C)n1. The Kier molecular flexibility index (Phi) is 3.92. The third-order valence-corrected chi connectivity index (χ3v) is 2.67. The Balaban J connectivity index is 2.02. The average molecular weight is 245 g/mol. The third-order valence-electron chi connectivity index (χ3n) is 2.67. The van der Waals surface area contributed by atoms with E-state index in [0.717, 1.165) is 30.3 Å². The van der Waals surface area contributed by atoms with Crippen LogP contribution in [0.15, 0.2) is 24.5 Å². The van der Waals surface area contributed by atoms with Gasteiger partial charge in [-0.15, -0.1) is 0 Å². The van der Waals surface area contributed by atoms with Gasteiger partial charge in [0, 0.05) is 30.2 Å². The standard InChI is InChI=1S/C13H19N5/c1-4-12-8-13(17-11(3)16-12)15-10(2)9-18-7-5-6-14-18/h5-8,10H,4,9H2,1-3H3,(H,15,16,17). The number of aryl methyl sites for hydroxylation is 2. The summed E-state index contributed by atoms with van der Waals surface area (Å²) in [4.78, 5) is 8.77. The first-order valence-corrected chi connectivity index (χ1v) is 6.26. The zero-order valence-electron chi connectivity index (χ0n) is 11.1. The zero-order valence-corrected chi connectivity index (χ0v) is 11.1. The largest absolute Gasteiger partial charge is 0.366 e. The van der Waals surface area contributed by atoms with E-state index < -0.39 is 0 Å². The van der Waals surface area contributed by atoms with Crippen molar-refractivity contribution in [2.24, 2.45) is 0 Å². The van der Waals surface area contributed by atoms with Gasteiger partial charge >= 0.3 is 0 Å². The Bertz CT molecular complexity index is 492. The highest BCUT2D eigenvalue weighted by molar-refractivity contribution is 5.36. The fourth-order valence-electron chi connectivity index (χ4n) is 1.87. The van der Waals surface area contributed by atoms with E-state index in [9.17, 15) is 0 Å². The van der Waals surface area contributed by atoms with E-state index in [-0.39, 0.29) is 6.04 Å². The Hall–Kier alpha value is -1.91. The van der Waals surface area contributed by atoms with Crippen LogP contribution in [-0.4, -0.2) is 25.8 Å². The molecule has 0 bridgehead atoms. The molecule has 0 spiro atoms. The number of hydrogen-bond donors (Lipinski definition) is 1. The molecule has 2 heterocycles. The minimum absolute atomic E-state index is 0.268. The summed E-state index contributed by atoms with van der Waals surface area (Å²) in [5, 5.41) is 7.58. The second-order valence-corrected chi connectivity index (χ2v) is 4.42. The Labute approximate surface area is 107 Å². The molecule has 2 rings (SSSR count). The van der Waals surface area contributed by atoms with Gasteiger partial charge in [-0.25, -0.2) is 9.97 Å². The van der Waals surface area contributed by atoms with Crippen molar-refractivity contribution >= 4 is 5.82 Å². The molecule has 5 heteroatoms. The summed E-state index contributed by atoms with van der Waals surface area (Å²) in [5.41, 5.74) is 1.07. The number of aromatic nitrogens is 4. The summed E-state index contributed by atoms with van der Waals surface area (Å²) in [7, 11) is 0. The van der Waals surface area contributed by atoms with Crippen molar-refractivity contribution in [2.45, 2.75) is 39.8 Å². The molecule has 0 aliphatic heterocycles. The molecule has 96 valence electrons. The molecule has 2 aromatic heterocycles. The van der Waals surface area contributed by atoms with Crippen molar-refractivity contribution < 1.29 is 0 Å². The van der Waals surface area contributed by atoms with E-state index in [1.165, 1.54) is 0 Å². The van der Waals surface area contributed by atoms with E-state index in [1.807, 2.05) is 29.9 Å². The van der Waals surface area contributed by atoms with Gasteiger partial charge in [0.25, 0.3) is 0 Å². The van der Waals surface area contributed by atoms with Crippen LogP contribution < -0.4 is 5.32 Å². The first-order chi connectivity index (χ1) is 8.67. The average Bonchev–Trinajstić information content (AvgIpc) is 2.80. The second kappa shape index (κ2) is 5.62. The first kappa shape index (κ1) is 12.5. The number of hydrogen-bond acceptors (Lipinski definition) is 4. The van der Waals surface area contributed by atoms with Gasteiger partial charge in [-0.2, -0.15) is 5.10 Å². The van der Waals surface area contributed by atoms with Gasteiger partial charge in [0.05, 0.1) is 6.54 Å². The van der Waals surface area contributed by atoms with Crippen molar-refractivity contribution in [1.29, 1.82) is 0 Å². The van der Waals surface area contributed by atoms with Gasteiger partial charge < -0.3 is 5.32 Å². The number of nitrogens with one attached hydrogen (secondary N) is 1. The lowest BCUT2D eigenvalue weighted by Crippen LogP contribution is -2.23. The topological polar surface area (TPSA) is 55.6 Å². The summed E-state index contributed by atoms with van der Waals surface area (Å²) < 4.78 is 1.91. The van der Waals surface area contributed by atoms with Crippen molar-refractivity contribution in [3.63, 3.8) is 0 Å². The van der Waals surface area contributed by atoms with Crippen LogP contribution in [0.5, 0.6) is 0 Å². The fourth-order valence-corrected chi connectivity index (χ4v) is 1.87. The lowest BCUT2D eigenvalue weighted by Gasteiger charge is -2.15. The minimum atomic E-state index is 0.268. The van der Waals surface area contributed by atoms with Crippen LogP contribution in [0.25, 0.3) is 0 Å². The molecule has 0 aliphatic carbocycles. The lowest BCUT2D eigenvalue weighted by molar-refractivity contribution is 0.559. The number of rotatable bonds is 5. The Morgan fingerprint density at radius 2 is 2.22 bits per heavy atom. The van der Waals surface area contributed by atoms with Crippen molar-refractivity contribution in [2.75, 3.05) is 5.32 Å². The van der Waals surface area contributed by atoms with Gasteiger partial charge in [0.1, 0.15) is 11.6 Å². The highest BCUT2D eigenvalue weighted by atomic mass is 15.3.